The molecule has 14 heteroatoms. The predicted molar refractivity (Wildman–Crippen MR) is 149 cm³/mol. The molecule has 3 rings (SSSR count). The van der Waals surface area contributed by atoms with Crippen LogP contribution in [-0.2, 0) is 19.6 Å². The molecule has 0 saturated carbocycles. The number of carbonyl (C=O) groups is 1. The number of pyridine rings is 1. The van der Waals surface area contributed by atoms with E-state index >= 15 is 0 Å². The van der Waals surface area contributed by atoms with E-state index in [0.717, 1.165) is 18.2 Å². The summed E-state index contributed by atoms with van der Waals surface area (Å²) in [5.74, 6) is 0.364. The van der Waals surface area contributed by atoms with Gasteiger partial charge in [0, 0.05) is 51.4 Å². The molecule has 13 nitrogen and oxygen atoms in total. The molecule has 1 saturated heterocycles. The van der Waals surface area contributed by atoms with Crippen LogP contribution in [-0.4, -0.2) is 78.8 Å². The zero-order valence-electron chi connectivity index (χ0n) is 21.9. The third kappa shape index (κ3) is 7.34. The first-order valence-electron chi connectivity index (χ1n) is 11.9. The maximum absolute atomic E-state index is 12.8. The number of nitrogens with zero attached hydrogens (tertiary/aromatic N) is 3. The fourth-order valence-corrected chi connectivity index (χ4v) is 4.15. The highest BCUT2D eigenvalue weighted by atomic mass is 32.2. The minimum absolute atomic E-state index is 0.177. The van der Waals surface area contributed by atoms with E-state index < -0.39 is 15.9 Å². The van der Waals surface area contributed by atoms with E-state index in [4.69, 9.17) is 15.0 Å². The quantitative estimate of drug-likeness (QED) is 0.196. The Kier molecular flexibility index (Phi) is 9.87. The number of hydroxylamine groups is 1. The van der Waals surface area contributed by atoms with Crippen LogP contribution in [0.4, 0.5) is 28.6 Å². The van der Waals surface area contributed by atoms with Crippen molar-refractivity contribution in [2.75, 3.05) is 73.1 Å². The highest BCUT2D eigenvalue weighted by Gasteiger charge is 2.21. The third-order valence-corrected chi connectivity index (χ3v) is 6.90. The van der Waals surface area contributed by atoms with E-state index in [2.05, 4.69) is 31.3 Å². The molecule has 1 aromatic heterocycles. The van der Waals surface area contributed by atoms with Crippen molar-refractivity contribution in [2.24, 2.45) is 0 Å². The van der Waals surface area contributed by atoms with Gasteiger partial charge in [0.25, 0.3) is 5.91 Å². The summed E-state index contributed by atoms with van der Waals surface area (Å²) >= 11 is 0. The molecule has 1 amide bonds. The third-order valence-electron chi connectivity index (χ3n) is 5.70. The highest BCUT2D eigenvalue weighted by Crippen LogP contribution is 2.35. The van der Waals surface area contributed by atoms with Crippen LogP contribution in [0.15, 0.2) is 42.4 Å². The Morgan fingerprint density at radius 2 is 2.00 bits per heavy atom. The summed E-state index contributed by atoms with van der Waals surface area (Å²) in [6.45, 7) is 4.56. The maximum atomic E-state index is 12.8. The standard InChI is InChI=1S/C24H34N8O5S/c1-5-37-30-24(33)18-16-27-23(29-22(26-2)8-9-25)15-20(18)28-19-7-6-17(32-10-12-36-13-11-32)14-21(19)31(3)38(4,34)35/h6-9,14-16,25-26H,5,10-13H2,1-4H3,(H,30,33)(H2,27,28,29)/b22-8+,25-9?. The monoisotopic (exact) mass is 546 g/mol. The Bertz CT molecular complexity index is 1280. The van der Waals surface area contributed by atoms with Gasteiger partial charge < -0.3 is 31.0 Å². The lowest BCUT2D eigenvalue weighted by atomic mass is 10.1. The molecular weight excluding hydrogens is 512 g/mol. The summed E-state index contributed by atoms with van der Waals surface area (Å²) < 4.78 is 31.7. The number of hydrogen-bond donors (Lipinski definition) is 5. The molecule has 0 aliphatic carbocycles. The van der Waals surface area contributed by atoms with Crippen LogP contribution in [0.1, 0.15) is 17.3 Å². The average Bonchev–Trinajstić information content (AvgIpc) is 2.91. The number of aromatic nitrogens is 1. The van der Waals surface area contributed by atoms with Gasteiger partial charge in [-0.1, -0.05) is 0 Å². The Morgan fingerprint density at radius 3 is 2.63 bits per heavy atom. The maximum Gasteiger partial charge on any atom is 0.278 e. The second kappa shape index (κ2) is 13.1. The SMILES string of the molecule is CCONC(=O)c1cnc(N/C(=C/C=N)NC)cc1Nc1ccc(N2CCOCC2)cc1N(C)S(C)(=O)=O. The molecule has 0 atom stereocenters. The summed E-state index contributed by atoms with van der Waals surface area (Å²) in [6, 6.07) is 7.06. The molecule has 1 aromatic carbocycles. The number of morpholine rings is 1. The summed E-state index contributed by atoms with van der Waals surface area (Å²) in [5, 5.41) is 16.5. The number of carbonyl (C=O) groups excluding carboxylic acids is 1. The number of benzene rings is 1. The largest absolute Gasteiger partial charge is 0.378 e. The highest BCUT2D eigenvalue weighted by molar-refractivity contribution is 7.92. The van der Waals surface area contributed by atoms with Crippen LogP contribution in [0.2, 0.25) is 0 Å². The van der Waals surface area contributed by atoms with Crippen molar-refractivity contribution < 1.29 is 22.8 Å². The van der Waals surface area contributed by atoms with Gasteiger partial charge in [0.15, 0.2) is 0 Å². The number of sulfonamides is 1. The van der Waals surface area contributed by atoms with Gasteiger partial charge in [-0.2, -0.15) is 0 Å². The Morgan fingerprint density at radius 1 is 1.26 bits per heavy atom. The molecule has 0 radical (unpaired) electrons. The number of hydrogen-bond acceptors (Lipinski definition) is 11. The lowest BCUT2D eigenvalue weighted by Crippen LogP contribution is -2.36. The van der Waals surface area contributed by atoms with Crippen LogP contribution in [0.5, 0.6) is 0 Å². The predicted octanol–water partition coefficient (Wildman–Crippen LogP) is 1.86. The summed E-state index contributed by atoms with van der Waals surface area (Å²) in [7, 11) is -0.437. The summed E-state index contributed by atoms with van der Waals surface area (Å²) in [4.78, 5) is 24.3. The molecule has 2 heterocycles. The van der Waals surface area contributed by atoms with Gasteiger partial charge in [0.05, 0.1) is 48.7 Å². The van der Waals surface area contributed by atoms with E-state index in [0.29, 0.717) is 55.0 Å². The van der Waals surface area contributed by atoms with Gasteiger partial charge >= 0.3 is 0 Å². The van der Waals surface area contributed by atoms with Gasteiger partial charge in [0.2, 0.25) is 10.0 Å². The van der Waals surface area contributed by atoms with E-state index in [1.54, 1.807) is 32.2 Å². The van der Waals surface area contributed by atoms with E-state index in [1.807, 2.05) is 6.07 Å². The Hall–Kier alpha value is -3.88. The Labute approximate surface area is 222 Å². The molecule has 0 bridgehead atoms. The smallest absolute Gasteiger partial charge is 0.278 e. The summed E-state index contributed by atoms with van der Waals surface area (Å²) in [5.41, 5.74) is 4.61. The number of ether oxygens (including phenoxy) is 1. The average molecular weight is 547 g/mol. The minimum atomic E-state index is -3.60. The van der Waals surface area contributed by atoms with Crippen molar-refractivity contribution in [3.05, 3.63) is 47.9 Å². The van der Waals surface area contributed by atoms with Crippen molar-refractivity contribution in [3.63, 3.8) is 0 Å². The topological polar surface area (TPSA) is 161 Å². The molecular formula is C24H34N8O5S. The summed E-state index contributed by atoms with van der Waals surface area (Å²) in [6.07, 6.45) is 5.13. The van der Waals surface area contributed by atoms with Crippen molar-refractivity contribution in [1.82, 2.24) is 15.8 Å². The molecule has 5 N–H and O–H groups in total. The second-order valence-corrected chi connectivity index (χ2v) is 10.3. The number of rotatable bonds is 12. The second-order valence-electron chi connectivity index (χ2n) is 8.26. The molecule has 1 fully saturated rings. The van der Waals surface area contributed by atoms with Gasteiger partial charge in [-0.3, -0.25) is 13.9 Å². The number of allylic oxidation sites excluding steroid dienone is 1. The fraction of sp³-hybridized carbons (Fsp3) is 0.375. The van der Waals surface area contributed by atoms with Crippen molar-refractivity contribution in [1.29, 1.82) is 5.41 Å². The first kappa shape index (κ1) is 28.7. The van der Waals surface area contributed by atoms with E-state index in [1.165, 1.54) is 23.6 Å². The molecule has 2 aromatic rings. The van der Waals surface area contributed by atoms with Crippen LogP contribution in [0.25, 0.3) is 0 Å². The van der Waals surface area contributed by atoms with Gasteiger partial charge in [-0.05, 0) is 31.2 Å². The first-order chi connectivity index (χ1) is 18.2. The first-order valence-corrected chi connectivity index (χ1v) is 13.8. The number of amides is 1. The minimum Gasteiger partial charge on any atom is -0.378 e. The van der Waals surface area contributed by atoms with Crippen molar-refractivity contribution >= 4 is 50.7 Å². The van der Waals surface area contributed by atoms with Crippen LogP contribution in [0.3, 0.4) is 0 Å². The zero-order valence-corrected chi connectivity index (χ0v) is 22.7. The van der Waals surface area contributed by atoms with Crippen molar-refractivity contribution in [2.45, 2.75) is 6.92 Å². The van der Waals surface area contributed by atoms with Crippen LogP contribution >= 0.6 is 0 Å². The molecule has 1 aliphatic rings. The molecule has 0 spiro atoms. The van der Waals surface area contributed by atoms with Gasteiger partial charge in [-0.15, -0.1) is 0 Å². The molecule has 0 unspecified atom stereocenters. The van der Waals surface area contributed by atoms with Gasteiger partial charge in [0.1, 0.15) is 11.6 Å². The fourth-order valence-electron chi connectivity index (χ4n) is 3.64. The van der Waals surface area contributed by atoms with E-state index in [9.17, 15) is 13.2 Å². The molecule has 1 aliphatic heterocycles. The van der Waals surface area contributed by atoms with E-state index in [-0.39, 0.29) is 12.2 Å². The lowest BCUT2D eigenvalue weighted by molar-refractivity contribution is 0.0365. The van der Waals surface area contributed by atoms with Crippen LogP contribution in [0, 0.1) is 5.41 Å². The normalized spacial score (nSPS) is 14.0. The number of nitrogens with one attached hydrogen (secondary N) is 5. The number of anilines is 5. The zero-order chi connectivity index (χ0) is 27.7. The molecule has 38 heavy (non-hydrogen) atoms. The van der Waals surface area contributed by atoms with Crippen molar-refractivity contribution in [3.8, 4) is 0 Å². The van der Waals surface area contributed by atoms with Crippen LogP contribution < -0.4 is 30.6 Å². The molecule has 206 valence electrons. The Balaban J connectivity index is 2.07. The lowest BCUT2D eigenvalue weighted by Gasteiger charge is -2.30. The van der Waals surface area contributed by atoms with Gasteiger partial charge in [-0.25, -0.2) is 18.9 Å².